The lowest BCUT2D eigenvalue weighted by atomic mass is 10.1. The van der Waals surface area contributed by atoms with Crippen LogP contribution in [0.4, 0.5) is 5.95 Å². The van der Waals surface area contributed by atoms with Crippen molar-refractivity contribution in [3.63, 3.8) is 0 Å². The Bertz CT molecular complexity index is 1130. The van der Waals surface area contributed by atoms with Gasteiger partial charge in [0.25, 0.3) is 0 Å². The zero-order chi connectivity index (χ0) is 21.3. The Morgan fingerprint density at radius 1 is 1.14 bits per heavy atom. The summed E-state index contributed by atoms with van der Waals surface area (Å²) in [5.74, 6) is 1.34. The number of ether oxygens (including phenoxy) is 3. The van der Waals surface area contributed by atoms with Crippen LogP contribution in [0.5, 0.6) is 17.2 Å². The molecular formula is C17H18Br2ClN5O4. The number of nitrogens with zero attached hydrogens (tertiary/aromatic N) is 4. The molecule has 12 heteroatoms. The summed E-state index contributed by atoms with van der Waals surface area (Å²) in [4.78, 5) is 21.4. The van der Waals surface area contributed by atoms with E-state index in [4.69, 9.17) is 31.5 Å². The van der Waals surface area contributed by atoms with Crippen LogP contribution in [-0.2, 0) is 13.1 Å². The number of benzene rings is 1. The highest BCUT2D eigenvalue weighted by molar-refractivity contribution is 9.10. The van der Waals surface area contributed by atoms with Gasteiger partial charge in [-0.2, -0.15) is 9.97 Å². The number of fused-ring (bicyclic) bond motifs is 1. The molecular weight excluding hydrogens is 533 g/mol. The molecule has 2 heterocycles. The van der Waals surface area contributed by atoms with E-state index in [1.54, 1.807) is 6.07 Å². The van der Waals surface area contributed by atoms with E-state index in [0.717, 1.165) is 0 Å². The molecule has 0 amide bonds. The number of aromatic nitrogens is 4. The molecule has 0 atom stereocenters. The lowest BCUT2D eigenvalue weighted by molar-refractivity contribution is 0.322. The van der Waals surface area contributed by atoms with Crippen LogP contribution in [0.2, 0.25) is 5.15 Å². The highest BCUT2D eigenvalue weighted by Gasteiger charge is 2.23. The molecule has 0 aliphatic carbocycles. The third-order valence-corrected chi connectivity index (χ3v) is 5.80. The summed E-state index contributed by atoms with van der Waals surface area (Å²) in [6.45, 7) is 0.556. The number of hydrogen-bond donors (Lipinski definition) is 1. The number of rotatable bonds is 7. The first-order valence-electron chi connectivity index (χ1n) is 8.33. The fraction of sp³-hybridized carbons (Fsp3) is 0.353. The summed E-state index contributed by atoms with van der Waals surface area (Å²) in [6, 6.07) is 1.76. The molecule has 0 spiro atoms. The maximum absolute atomic E-state index is 13.1. The predicted octanol–water partition coefficient (Wildman–Crippen LogP) is 3.06. The quantitative estimate of drug-likeness (QED) is 0.355. The number of aryl methyl sites for hydroxylation is 1. The maximum atomic E-state index is 13.1. The highest BCUT2D eigenvalue weighted by Crippen LogP contribution is 2.45. The van der Waals surface area contributed by atoms with E-state index in [1.165, 1.54) is 30.5 Å². The van der Waals surface area contributed by atoms with Crippen LogP contribution >= 0.6 is 43.5 Å². The summed E-state index contributed by atoms with van der Waals surface area (Å²) in [5, 5.41) is 0.675. The Balaban J connectivity index is 2.26. The summed E-state index contributed by atoms with van der Waals surface area (Å²) in [7, 11) is 4.57. The molecule has 1 aromatic carbocycles. The molecule has 0 radical (unpaired) electrons. The fourth-order valence-corrected chi connectivity index (χ4v) is 4.29. The van der Waals surface area contributed by atoms with Crippen LogP contribution in [0.15, 0.2) is 15.3 Å². The van der Waals surface area contributed by atoms with Crippen molar-refractivity contribution >= 4 is 60.6 Å². The third kappa shape index (κ3) is 3.78. The van der Waals surface area contributed by atoms with Crippen molar-refractivity contribution in [1.29, 1.82) is 0 Å². The molecule has 0 saturated carbocycles. The lowest BCUT2D eigenvalue weighted by Gasteiger charge is -2.17. The normalized spacial score (nSPS) is 11.1. The molecule has 156 valence electrons. The number of anilines is 1. The molecule has 0 aliphatic heterocycles. The number of imidazole rings is 1. The average Bonchev–Trinajstić information content (AvgIpc) is 2.94. The van der Waals surface area contributed by atoms with Gasteiger partial charge in [0, 0.05) is 11.9 Å². The van der Waals surface area contributed by atoms with Gasteiger partial charge in [0.2, 0.25) is 11.7 Å². The van der Waals surface area contributed by atoms with E-state index >= 15 is 0 Å². The molecule has 0 fully saturated rings. The van der Waals surface area contributed by atoms with E-state index in [2.05, 4.69) is 41.8 Å². The largest absolute Gasteiger partial charge is 0.493 e. The Hall–Kier alpha value is -1.98. The second-order valence-corrected chi connectivity index (χ2v) is 7.82. The zero-order valence-corrected chi connectivity index (χ0v) is 19.8. The van der Waals surface area contributed by atoms with Gasteiger partial charge in [-0.05, 0) is 27.6 Å². The van der Waals surface area contributed by atoms with E-state index in [9.17, 15) is 4.79 Å². The second kappa shape index (κ2) is 8.80. The summed E-state index contributed by atoms with van der Waals surface area (Å²) >= 11 is 13.2. The summed E-state index contributed by atoms with van der Waals surface area (Å²) in [6.07, 6.45) is 0. The first-order valence-corrected chi connectivity index (χ1v) is 10.6. The molecule has 2 N–H and O–H groups in total. The Morgan fingerprint density at radius 2 is 1.83 bits per heavy atom. The zero-order valence-electron chi connectivity index (χ0n) is 15.8. The van der Waals surface area contributed by atoms with E-state index in [0.29, 0.717) is 50.3 Å². The molecule has 0 saturated heterocycles. The highest BCUT2D eigenvalue weighted by atomic mass is 79.9. The second-order valence-electron chi connectivity index (χ2n) is 5.87. The first-order chi connectivity index (χ1) is 13.9. The van der Waals surface area contributed by atoms with Crippen LogP contribution in [0.25, 0.3) is 11.2 Å². The number of nitrogens with two attached hydrogens (primary N) is 1. The van der Waals surface area contributed by atoms with Crippen molar-refractivity contribution in [2.45, 2.75) is 13.1 Å². The van der Waals surface area contributed by atoms with Gasteiger partial charge in [-0.3, -0.25) is 9.13 Å². The van der Waals surface area contributed by atoms with Crippen LogP contribution < -0.4 is 25.6 Å². The molecule has 2 aromatic heterocycles. The molecule has 0 aliphatic rings. The molecule has 0 unspecified atom stereocenters. The molecule has 9 nitrogen and oxygen atoms in total. The summed E-state index contributed by atoms with van der Waals surface area (Å²) < 4.78 is 19.9. The van der Waals surface area contributed by atoms with Crippen LogP contribution in [-0.4, -0.2) is 45.8 Å². The predicted molar refractivity (Wildman–Crippen MR) is 118 cm³/mol. The maximum Gasteiger partial charge on any atom is 0.330 e. The van der Waals surface area contributed by atoms with Crippen molar-refractivity contribution < 1.29 is 14.2 Å². The number of nitrogen functional groups attached to an aromatic ring is 1. The van der Waals surface area contributed by atoms with Gasteiger partial charge in [0.05, 0.1) is 32.3 Å². The van der Waals surface area contributed by atoms with Gasteiger partial charge in [-0.15, -0.1) is 0 Å². The smallest absolute Gasteiger partial charge is 0.330 e. The van der Waals surface area contributed by atoms with E-state index in [1.807, 2.05) is 0 Å². The number of alkyl halides is 1. The minimum atomic E-state index is -0.290. The van der Waals surface area contributed by atoms with E-state index < -0.39 is 0 Å². The van der Waals surface area contributed by atoms with Crippen molar-refractivity contribution in [3.05, 3.63) is 31.7 Å². The van der Waals surface area contributed by atoms with Crippen molar-refractivity contribution in [3.8, 4) is 17.2 Å². The summed E-state index contributed by atoms with van der Waals surface area (Å²) in [5.41, 5.74) is 6.97. The van der Waals surface area contributed by atoms with Crippen molar-refractivity contribution in [1.82, 2.24) is 19.1 Å². The fourth-order valence-electron chi connectivity index (χ4n) is 3.08. The minimum absolute atomic E-state index is 0.0174. The Morgan fingerprint density at radius 3 is 2.41 bits per heavy atom. The topological polar surface area (TPSA) is 106 Å². The molecule has 0 bridgehead atoms. The average molecular weight is 552 g/mol. The lowest BCUT2D eigenvalue weighted by Crippen LogP contribution is -2.25. The van der Waals surface area contributed by atoms with Crippen LogP contribution in [0.3, 0.4) is 0 Å². The van der Waals surface area contributed by atoms with Gasteiger partial charge < -0.3 is 19.9 Å². The van der Waals surface area contributed by atoms with Crippen molar-refractivity contribution in [2.75, 3.05) is 32.4 Å². The van der Waals surface area contributed by atoms with E-state index in [-0.39, 0.29) is 23.3 Å². The molecule has 29 heavy (non-hydrogen) atoms. The van der Waals surface area contributed by atoms with Gasteiger partial charge in [-0.25, -0.2) is 4.79 Å². The molecule has 3 aromatic rings. The Labute approximate surface area is 188 Å². The standard InChI is InChI=1S/C17H18Br2ClN5O4/c1-27-9-6-8(10(19)13(29-3)12(9)28-2)7-25-15-11(14(20)22-16(21)23-15)24(5-4-18)17(25)26/h6H,4-5,7H2,1-3H3,(H2,21,22,23). The van der Waals surface area contributed by atoms with Crippen molar-refractivity contribution in [2.24, 2.45) is 0 Å². The van der Waals surface area contributed by atoms with Gasteiger partial charge in [0.15, 0.2) is 22.3 Å². The number of hydrogen-bond acceptors (Lipinski definition) is 7. The monoisotopic (exact) mass is 549 g/mol. The van der Waals surface area contributed by atoms with Gasteiger partial charge in [0.1, 0.15) is 5.52 Å². The minimum Gasteiger partial charge on any atom is -0.493 e. The number of methoxy groups -OCH3 is 3. The third-order valence-electron chi connectivity index (χ3n) is 4.31. The first kappa shape index (κ1) is 21.7. The van der Waals surface area contributed by atoms with Crippen LogP contribution in [0, 0.1) is 0 Å². The van der Waals surface area contributed by atoms with Gasteiger partial charge >= 0.3 is 5.69 Å². The molecule has 3 rings (SSSR count). The number of halogens is 3. The Kier molecular flexibility index (Phi) is 6.59. The van der Waals surface area contributed by atoms with Crippen LogP contribution in [0.1, 0.15) is 5.56 Å². The van der Waals surface area contributed by atoms with Gasteiger partial charge in [-0.1, -0.05) is 27.5 Å². The SMILES string of the molecule is COc1cc(Cn2c(=O)n(CCBr)c3c(Cl)nc(N)nc32)c(Br)c(OC)c1OC.